The molecule has 1 aromatic heterocycles. The highest BCUT2D eigenvalue weighted by Gasteiger charge is 2.20. The first-order valence-corrected chi connectivity index (χ1v) is 10.8. The number of halogens is 1. The maximum atomic E-state index is 14.2. The lowest BCUT2D eigenvalue weighted by Crippen LogP contribution is -2.25. The number of thiophene rings is 1. The van der Waals surface area contributed by atoms with E-state index >= 15 is 0 Å². The summed E-state index contributed by atoms with van der Waals surface area (Å²) in [6.07, 6.45) is 0.509. The van der Waals surface area contributed by atoms with Crippen molar-refractivity contribution >= 4 is 37.4 Å². The Morgan fingerprint density at radius 3 is 2.57 bits per heavy atom. The average molecular weight is 423 g/mol. The van der Waals surface area contributed by atoms with Crippen molar-refractivity contribution in [2.24, 2.45) is 5.14 Å². The van der Waals surface area contributed by atoms with Crippen molar-refractivity contribution in [3.8, 4) is 0 Å². The SMILES string of the molecule is COCc1c(C(=O)NCCc2ccc(S(N)(=O)=O)cc2)sc2cccc(F)c12. The maximum Gasteiger partial charge on any atom is 0.261 e. The molecule has 0 atom stereocenters. The van der Waals surface area contributed by atoms with Crippen molar-refractivity contribution in [1.82, 2.24) is 5.32 Å². The van der Waals surface area contributed by atoms with Crippen LogP contribution in [0.4, 0.5) is 4.39 Å². The van der Waals surface area contributed by atoms with Gasteiger partial charge in [0.25, 0.3) is 5.91 Å². The molecule has 3 N–H and O–H groups in total. The summed E-state index contributed by atoms with van der Waals surface area (Å²) in [6.45, 7) is 0.482. The largest absolute Gasteiger partial charge is 0.380 e. The van der Waals surface area contributed by atoms with Crippen LogP contribution in [0.3, 0.4) is 0 Å². The summed E-state index contributed by atoms with van der Waals surface area (Å²) >= 11 is 1.22. The molecule has 9 heteroatoms. The summed E-state index contributed by atoms with van der Waals surface area (Å²) in [4.78, 5) is 13.1. The number of methoxy groups -OCH3 is 1. The van der Waals surface area contributed by atoms with E-state index in [9.17, 15) is 17.6 Å². The predicted molar refractivity (Wildman–Crippen MR) is 106 cm³/mol. The van der Waals surface area contributed by atoms with E-state index in [1.54, 1.807) is 24.3 Å². The number of carbonyl (C=O) groups excluding carboxylic acids is 1. The number of ether oxygens (including phenoxy) is 1. The molecular weight excluding hydrogens is 403 g/mol. The number of primary sulfonamides is 1. The first kappa shape index (κ1) is 20.4. The molecule has 1 heterocycles. The van der Waals surface area contributed by atoms with E-state index in [1.165, 1.54) is 36.6 Å². The van der Waals surface area contributed by atoms with E-state index in [1.807, 2.05) is 0 Å². The predicted octanol–water partition coefficient (Wildman–Crippen LogP) is 2.81. The number of hydrogen-bond acceptors (Lipinski definition) is 5. The molecule has 1 amide bonds. The Bertz CT molecular complexity index is 1110. The fourth-order valence-electron chi connectivity index (χ4n) is 2.88. The molecule has 0 spiro atoms. The molecule has 0 fully saturated rings. The molecule has 0 unspecified atom stereocenters. The zero-order valence-corrected chi connectivity index (χ0v) is 16.7. The van der Waals surface area contributed by atoms with Gasteiger partial charge in [-0.05, 0) is 36.2 Å². The molecular formula is C19H19FN2O4S2. The average Bonchev–Trinajstić information content (AvgIpc) is 3.02. The fourth-order valence-corrected chi connectivity index (χ4v) is 4.53. The Morgan fingerprint density at radius 1 is 1.21 bits per heavy atom. The molecule has 28 heavy (non-hydrogen) atoms. The molecule has 0 radical (unpaired) electrons. The lowest BCUT2D eigenvalue weighted by molar-refractivity contribution is 0.0954. The first-order chi connectivity index (χ1) is 13.3. The van der Waals surface area contributed by atoms with Gasteiger partial charge < -0.3 is 10.1 Å². The highest BCUT2D eigenvalue weighted by atomic mass is 32.2. The standard InChI is InChI=1S/C19H19FN2O4S2/c1-26-11-14-17-15(20)3-2-4-16(17)27-18(14)19(23)22-10-9-12-5-7-13(8-6-12)28(21,24)25/h2-8H,9-11H2,1H3,(H,22,23)(H2,21,24,25). The van der Waals surface area contributed by atoms with Gasteiger partial charge in [-0.15, -0.1) is 11.3 Å². The number of sulfonamides is 1. The van der Waals surface area contributed by atoms with Crippen LogP contribution in [-0.2, 0) is 27.8 Å². The summed E-state index contributed by atoms with van der Waals surface area (Å²) in [5.74, 6) is -0.677. The maximum absolute atomic E-state index is 14.2. The third-order valence-electron chi connectivity index (χ3n) is 4.21. The molecule has 0 saturated carbocycles. The van der Waals surface area contributed by atoms with Crippen LogP contribution in [0.2, 0.25) is 0 Å². The van der Waals surface area contributed by atoms with Gasteiger partial charge in [-0.1, -0.05) is 18.2 Å². The van der Waals surface area contributed by atoms with E-state index in [0.717, 1.165) is 5.56 Å². The highest BCUT2D eigenvalue weighted by molar-refractivity contribution is 7.89. The van der Waals surface area contributed by atoms with Gasteiger partial charge in [0.05, 0.1) is 16.4 Å². The van der Waals surface area contributed by atoms with Crippen LogP contribution in [0.5, 0.6) is 0 Å². The third kappa shape index (κ3) is 4.39. The van der Waals surface area contributed by atoms with Crippen LogP contribution in [0.15, 0.2) is 47.4 Å². The molecule has 148 valence electrons. The molecule has 3 aromatic rings. The van der Waals surface area contributed by atoms with Gasteiger partial charge in [-0.25, -0.2) is 17.9 Å². The van der Waals surface area contributed by atoms with E-state index in [0.29, 0.717) is 33.5 Å². The summed E-state index contributed by atoms with van der Waals surface area (Å²) in [7, 11) is -2.23. The molecule has 0 bridgehead atoms. The first-order valence-electron chi connectivity index (χ1n) is 8.40. The normalized spacial score (nSPS) is 11.7. The lowest BCUT2D eigenvalue weighted by atomic mass is 10.1. The molecule has 0 aliphatic carbocycles. The monoisotopic (exact) mass is 422 g/mol. The zero-order valence-electron chi connectivity index (χ0n) is 15.1. The second-order valence-electron chi connectivity index (χ2n) is 6.15. The molecule has 0 aliphatic heterocycles. The number of nitrogens with two attached hydrogens (primary N) is 1. The zero-order chi connectivity index (χ0) is 20.3. The van der Waals surface area contributed by atoms with Crippen molar-refractivity contribution < 1.29 is 22.3 Å². The van der Waals surface area contributed by atoms with Gasteiger partial charge in [-0.2, -0.15) is 0 Å². The Hall–Kier alpha value is -2.33. The van der Waals surface area contributed by atoms with Gasteiger partial charge in [0.1, 0.15) is 5.82 Å². The van der Waals surface area contributed by atoms with Crippen molar-refractivity contribution in [2.75, 3.05) is 13.7 Å². The van der Waals surface area contributed by atoms with Crippen LogP contribution >= 0.6 is 11.3 Å². The van der Waals surface area contributed by atoms with Crippen LogP contribution in [0.25, 0.3) is 10.1 Å². The minimum absolute atomic E-state index is 0.0387. The fraction of sp³-hybridized carbons (Fsp3) is 0.211. The van der Waals surface area contributed by atoms with E-state index < -0.39 is 10.0 Å². The topological polar surface area (TPSA) is 98.5 Å². The quantitative estimate of drug-likeness (QED) is 0.612. The second-order valence-corrected chi connectivity index (χ2v) is 8.76. The number of carbonyl (C=O) groups is 1. The van der Waals surface area contributed by atoms with Crippen molar-refractivity contribution in [3.63, 3.8) is 0 Å². The Labute approximate surface area is 166 Å². The van der Waals surface area contributed by atoms with Crippen molar-refractivity contribution in [3.05, 3.63) is 64.3 Å². The van der Waals surface area contributed by atoms with E-state index in [4.69, 9.17) is 9.88 Å². The summed E-state index contributed by atoms with van der Waals surface area (Å²) < 4.78 is 42.6. The van der Waals surface area contributed by atoms with Gasteiger partial charge in [0.15, 0.2) is 0 Å². The Balaban J connectivity index is 1.71. The molecule has 2 aromatic carbocycles. The van der Waals surface area contributed by atoms with Gasteiger partial charge >= 0.3 is 0 Å². The smallest absolute Gasteiger partial charge is 0.261 e. The minimum atomic E-state index is -3.73. The van der Waals surface area contributed by atoms with Gasteiger partial charge in [0, 0.05) is 29.3 Å². The highest BCUT2D eigenvalue weighted by Crippen LogP contribution is 2.33. The number of benzene rings is 2. The van der Waals surface area contributed by atoms with Crippen LogP contribution in [0, 0.1) is 5.82 Å². The van der Waals surface area contributed by atoms with E-state index in [-0.39, 0.29) is 23.2 Å². The van der Waals surface area contributed by atoms with Gasteiger partial charge in [-0.3, -0.25) is 4.79 Å². The van der Waals surface area contributed by atoms with E-state index in [2.05, 4.69) is 5.32 Å². The number of nitrogens with one attached hydrogen (secondary N) is 1. The number of fused-ring (bicyclic) bond motifs is 1. The number of amides is 1. The summed E-state index contributed by atoms with van der Waals surface area (Å²) in [5.41, 5.74) is 1.39. The number of hydrogen-bond donors (Lipinski definition) is 2. The molecule has 3 rings (SSSR count). The number of rotatable bonds is 7. The van der Waals surface area contributed by atoms with Crippen molar-refractivity contribution in [1.29, 1.82) is 0 Å². The molecule has 0 aliphatic rings. The van der Waals surface area contributed by atoms with Crippen LogP contribution < -0.4 is 10.5 Å². The Morgan fingerprint density at radius 2 is 1.93 bits per heavy atom. The van der Waals surface area contributed by atoms with Crippen molar-refractivity contribution in [2.45, 2.75) is 17.9 Å². The lowest BCUT2D eigenvalue weighted by Gasteiger charge is -2.07. The second kappa shape index (κ2) is 8.36. The van der Waals surface area contributed by atoms with Crippen LogP contribution in [0.1, 0.15) is 20.8 Å². The van der Waals surface area contributed by atoms with Gasteiger partial charge in [0.2, 0.25) is 10.0 Å². The molecule has 6 nitrogen and oxygen atoms in total. The summed E-state index contributed by atoms with van der Waals surface area (Å²) in [6, 6.07) is 10.9. The summed E-state index contributed by atoms with van der Waals surface area (Å²) in [5, 5.41) is 8.31. The minimum Gasteiger partial charge on any atom is -0.380 e. The Kier molecular flexibility index (Phi) is 6.09. The third-order valence-corrected chi connectivity index (χ3v) is 6.33. The van der Waals surface area contributed by atoms with Crippen LogP contribution in [-0.4, -0.2) is 28.0 Å². The molecule has 0 saturated heterocycles.